The normalized spacial score (nSPS) is 10.3. The molecule has 1 amide bonds. The number of hydrogen-bond acceptors (Lipinski definition) is 2. The van der Waals surface area contributed by atoms with Gasteiger partial charge in [0.25, 0.3) is 5.91 Å². The summed E-state index contributed by atoms with van der Waals surface area (Å²) >= 11 is 8.13. The largest absolute Gasteiger partial charge is 0.398 e. The van der Waals surface area contributed by atoms with Crippen LogP contribution in [0.2, 0.25) is 5.02 Å². The highest BCUT2D eigenvalue weighted by atomic mass is 127. The molecular formula is C13H9ClFIN2O. The quantitative estimate of drug-likeness (QED) is 0.603. The molecule has 2 rings (SSSR count). The number of carbonyl (C=O) groups is 1. The molecule has 2 aromatic carbocycles. The Bertz CT molecular complexity index is 649. The van der Waals surface area contributed by atoms with Gasteiger partial charge >= 0.3 is 0 Å². The van der Waals surface area contributed by atoms with Crippen LogP contribution in [-0.2, 0) is 0 Å². The van der Waals surface area contributed by atoms with Crippen molar-refractivity contribution >= 4 is 51.5 Å². The molecular weight excluding hydrogens is 382 g/mol. The summed E-state index contributed by atoms with van der Waals surface area (Å²) in [7, 11) is 0. The highest BCUT2D eigenvalue weighted by Crippen LogP contribution is 2.25. The van der Waals surface area contributed by atoms with Crippen LogP contribution >= 0.6 is 34.2 Å². The summed E-state index contributed by atoms with van der Waals surface area (Å²) in [5.41, 5.74) is 6.37. The zero-order valence-electron chi connectivity index (χ0n) is 9.58. The second kappa shape index (κ2) is 5.75. The summed E-state index contributed by atoms with van der Waals surface area (Å²) in [4.78, 5) is 12.0. The summed E-state index contributed by atoms with van der Waals surface area (Å²) in [5, 5.41) is 3.07. The summed E-state index contributed by atoms with van der Waals surface area (Å²) in [5.74, 6) is -0.915. The van der Waals surface area contributed by atoms with Crippen LogP contribution < -0.4 is 11.1 Å². The summed E-state index contributed by atoms with van der Waals surface area (Å²) in [6.07, 6.45) is 0. The fourth-order valence-corrected chi connectivity index (χ4v) is 2.42. The van der Waals surface area contributed by atoms with Crippen molar-refractivity contribution in [3.63, 3.8) is 0 Å². The molecule has 3 nitrogen and oxygen atoms in total. The topological polar surface area (TPSA) is 55.1 Å². The van der Waals surface area contributed by atoms with Crippen molar-refractivity contribution in [3.05, 3.63) is 56.4 Å². The lowest BCUT2D eigenvalue weighted by Crippen LogP contribution is -2.14. The van der Waals surface area contributed by atoms with E-state index in [2.05, 4.69) is 27.9 Å². The van der Waals surface area contributed by atoms with Gasteiger partial charge in [0.1, 0.15) is 5.82 Å². The Morgan fingerprint density at radius 3 is 2.63 bits per heavy atom. The van der Waals surface area contributed by atoms with Gasteiger partial charge in [-0.2, -0.15) is 0 Å². The second-order valence-corrected chi connectivity index (χ2v) is 5.46. The Hall–Kier alpha value is -1.34. The van der Waals surface area contributed by atoms with E-state index in [0.29, 0.717) is 10.7 Å². The van der Waals surface area contributed by atoms with Crippen LogP contribution in [0.15, 0.2) is 36.4 Å². The third-order valence-electron chi connectivity index (χ3n) is 2.44. The molecule has 0 atom stereocenters. The van der Waals surface area contributed by atoms with Crippen LogP contribution in [0.25, 0.3) is 0 Å². The molecule has 0 aliphatic rings. The molecule has 0 aromatic heterocycles. The van der Waals surface area contributed by atoms with Crippen LogP contribution in [0, 0.1) is 9.39 Å². The number of amides is 1. The van der Waals surface area contributed by atoms with Gasteiger partial charge in [0.15, 0.2) is 0 Å². The van der Waals surface area contributed by atoms with E-state index in [0.717, 1.165) is 9.64 Å². The smallest absolute Gasteiger partial charge is 0.257 e. The Labute approximate surface area is 128 Å². The van der Waals surface area contributed by atoms with Gasteiger partial charge in [-0.05, 0) is 59.0 Å². The van der Waals surface area contributed by atoms with Gasteiger partial charge in [-0.3, -0.25) is 4.79 Å². The maximum absolute atomic E-state index is 12.9. The van der Waals surface area contributed by atoms with Gasteiger partial charge < -0.3 is 11.1 Å². The van der Waals surface area contributed by atoms with Crippen molar-refractivity contribution in [1.29, 1.82) is 0 Å². The summed E-state index contributed by atoms with van der Waals surface area (Å²) < 4.78 is 13.9. The van der Waals surface area contributed by atoms with E-state index < -0.39 is 11.7 Å². The van der Waals surface area contributed by atoms with Crippen LogP contribution in [-0.4, -0.2) is 5.91 Å². The Balaban J connectivity index is 2.25. The van der Waals surface area contributed by atoms with Gasteiger partial charge in [-0.25, -0.2) is 4.39 Å². The number of benzene rings is 2. The number of halogens is 3. The number of nitrogens with two attached hydrogens (primary N) is 1. The van der Waals surface area contributed by atoms with Crippen LogP contribution in [0.3, 0.4) is 0 Å². The van der Waals surface area contributed by atoms with E-state index in [1.54, 1.807) is 12.1 Å². The molecule has 98 valence electrons. The molecule has 0 fully saturated rings. The lowest BCUT2D eigenvalue weighted by molar-refractivity contribution is 0.102. The first-order valence-electron chi connectivity index (χ1n) is 5.29. The number of hydrogen-bond donors (Lipinski definition) is 2. The van der Waals surface area contributed by atoms with Gasteiger partial charge in [0.05, 0.1) is 16.3 Å². The lowest BCUT2D eigenvalue weighted by atomic mass is 10.1. The first-order chi connectivity index (χ1) is 8.97. The maximum atomic E-state index is 12.9. The van der Waals surface area contributed by atoms with E-state index in [1.807, 2.05) is 6.07 Å². The third-order valence-corrected chi connectivity index (χ3v) is 3.42. The highest BCUT2D eigenvalue weighted by molar-refractivity contribution is 14.1. The van der Waals surface area contributed by atoms with Crippen molar-refractivity contribution in [3.8, 4) is 0 Å². The molecule has 3 N–H and O–H groups in total. The van der Waals surface area contributed by atoms with Crippen LogP contribution in [0.5, 0.6) is 0 Å². The predicted octanol–water partition coefficient (Wildman–Crippen LogP) is 3.92. The minimum absolute atomic E-state index is 0.0825. The Kier molecular flexibility index (Phi) is 4.26. The fraction of sp³-hybridized carbons (Fsp3) is 0. The average Bonchev–Trinajstić information content (AvgIpc) is 2.32. The zero-order valence-corrected chi connectivity index (χ0v) is 12.5. The second-order valence-electron chi connectivity index (χ2n) is 3.81. The minimum Gasteiger partial charge on any atom is -0.398 e. The molecule has 0 unspecified atom stereocenters. The average molecular weight is 391 g/mol. The standard InChI is InChI=1S/C13H9ClFIN2O/c14-10-6-8(16)2-4-12(10)18-13(19)9-3-1-7(15)5-11(9)17/h1-6H,17H2,(H,18,19). The van der Waals surface area contributed by atoms with E-state index in [9.17, 15) is 9.18 Å². The lowest BCUT2D eigenvalue weighted by Gasteiger charge is -2.09. The van der Waals surface area contributed by atoms with Crippen LogP contribution in [0.1, 0.15) is 10.4 Å². The molecule has 0 aliphatic heterocycles. The third kappa shape index (κ3) is 3.36. The highest BCUT2D eigenvalue weighted by Gasteiger charge is 2.12. The number of nitrogens with one attached hydrogen (secondary N) is 1. The summed E-state index contributed by atoms with van der Waals surface area (Å²) in [6, 6.07) is 8.86. The number of nitrogen functional groups attached to an aromatic ring is 1. The minimum atomic E-state index is -0.485. The van der Waals surface area contributed by atoms with E-state index in [4.69, 9.17) is 17.3 Å². The predicted molar refractivity (Wildman–Crippen MR) is 82.9 cm³/mol. The van der Waals surface area contributed by atoms with Gasteiger partial charge in [-0.1, -0.05) is 11.6 Å². The van der Waals surface area contributed by atoms with E-state index in [1.165, 1.54) is 12.1 Å². The molecule has 19 heavy (non-hydrogen) atoms. The molecule has 0 saturated carbocycles. The van der Waals surface area contributed by atoms with Crippen molar-refractivity contribution in [2.24, 2.45) is 0 Å². The molecule has 0 spiro atoms. The fourth-order valence-electron chi connectivity index (χ4n) is 1.52. The molecule has 0 heterocycles. The first kappa shape index (κ1) is 14.1. The monoisotopic (exact) mass is 390 g/mol. The van der Waals surface area contributed by atoms with Crippen LogP contribution in [0.4, 0.5) is 15.8 Å². The van der Waals surface area contributed by atoms with Crippen molar-refractivity contribution < 1.29 is 9.18 Å². The maximum Gasteiger partial charge on any atom is 0.257 e. The molecule has 0 bridgehead atoms. The molecule has 2 aromatic rings. The number of rotatable bonds is 2. The Morgan fingerprint density at radius 1 is 1.26 bits per heavy atom. The SMILES string of the molecule is Nc1cc(F)ccc1C(=O)Nc1ccc(I)cc1Cl. The summed E-state index contributed by atoms with van der Waals surface area (Å²) in [6.45, 7) is 0. The van der Waals surface area contributed by atoms with Crippen molar-refractivity contribution in [2.45, 2.75) is 0 Å². The number of anilines is 2. The van der Waals surface area contributed by atoms with Gasteiger partial charge in [0.2, 0.25) is 0 Å². The van der Waals surface area contributed by atoms with Gasteiger partial charge in [0, 0.05) is 9.26 Å². The van der Waals surface area contributed by atoms with E-state index >= 15 is 0 Å². The van der Waals surface area contributed by atoms with Gasteiger partial charge in [-0.15, -0.1) is 0 Å². The number of carbonyl (C=O) groups excluding carboxylic acids is 1. The van der Waals surface area contributed by atoms with E-state index in [-0.39, 0.29) is 11.3 Å². The van der Waals surface area contributed by atoms with Crippen molar-refractivity contribution in [2.75, 3.05) is 11.1 Å². The zero-order chi connectivity index (χ0) is 14.0. The molecule has 6 heteroatoms. The first-order valence-corrected chi connectivity index (χ1v) is 6.74. The Morgan fingerprint density at radius 2 is 2.00 bits per heavy atom. The molecule has 0 aliphatic carbocycles. The molecule has 0 saturated heterocycles. The molecule has 0 radical (unpaired) electrons. The van der Waals surface area contributed by atoms with Crippen molar-refractivity contribution in [1.82, 2.24) is 0 Å².